The second kappa shape index (κ2) is 5.51. The molecule has 1 atom stereocenters. The summed E-state index contributed by atoms with van der Waals surface area (Å²) >= 11 is 3.91. The van der Waals surface area contributed by atoms with Gasteiger partial charge in [-0.25, -0.2) is 0 Å². The molecule has 1 aliphatic rings. The van der Waals surface area contributed by atoms with Crippen LogP contribution in [0.15, 0.2) is 18.3 Å². The van der Waals surface area contributed by atoms with Crippen LogP contribution < -0.4 is 0 Å². The van der Waals surface area contributed by atoms with Gasteiger partial charge in [-0.2, -0.15) is 0 Å². The van der Waals surface area contributed by atoms with Gasteiger partial charge >= 0.3 is 0 Å². The molecule has 0 N–H and O–H groups in total. The van der Waals surface area contributed by atoms with Crippen LogP contribution in [0.2, 0.25) is 0 Å². The SMILES string of the molecule is Cc1ccc(CC(Br)C2(C)CCCCC2)nc1. The van der Waals surface area contributed by atoms with Gasteiger partial charge in [-0.05, 0) is 36.8 Å². The first kappa shape index (κ1) is 13.1. The summed E-state index contributed by atoms with van der Waals surface area (Å²) in [6.07, 6.45) is 9.93. The quantitative estimate of drug-likeness (QED) is 0.739. The van der Waals surface area contributed by atoms with Gasteiger partial charge in [0.05, 0.1) is 0 Å². The van der Waals surface area contributed by atoms with Gasteiger partial charge in [0, 0.05) is 23.1 Å². The second-order valence-electron chi connectivity index (χ2n) is 5.71. The molecule has 0 saturated heterocycles. The van der Waals surface area contributed by atoms with Gasteiger partial charge in [0.25, 0.3) is 0 Å². The first-order chi connectivity index (χ1) is 8.10. The number of halogens is 1. The Labute approximate surface area is 113 Å². The zero-order chi connectivity index (χ0) is 12.3. The summed E-state index contributed by atoms with van der Waals surface area (Å²) in [5.41, 5.74) is 2.91. The minimum Gasteiger partial charge on any atom is -0.261 e. The molecule has 0 spiro atoms. The van der Waals surface area contributed by atoms with E-state index in [1.54, 1.807) is 0 Å². The Hall–Kier alpha value is -0.370. The number of hydrogen-bond donors (Lipinski definition) is 0. The van der Waals surface area contributed by atoms with Crippen molar-refractivity contribution in [2.45, 2.75) is 57.2 Å². The molecule has 1 unspecified atom stereocenters. The van der Waals surface area contributed by atoms with Gasteiger partial charge in [-0.1, -0.05) is 48.2 Å². The normalized spacial score (nSPS) is 21.1. The lowest BCUT2D eigenvalue weighted by Gasteiger charge is -2.38. The molecular formula is C15H22BrN. The molecule has 1 aromatic heterocycles. The topological polar surface area (TPSA) is 12.9 Å². The van der Waals surface area contributed by atoms with Crippen LogP contribution >= 0.6 is 15.9 Å². The average Bonchev–Trinajstić information content (AvgIpc) is 2.33. The lowest BCUT2D eigenvalue weighted by Crippen LogP contribution is -2.32. The highest BCUT2D eigenvalue weighted by Gasteiger charge is 2.33. The van der Waals surface area contributed by atoms with Gasteiger partial charge < -0.3 is 0 Å². The molecule has 2 heteroatoms. The van der Waals surface area contributed by atoms with Crippen LogP contribution in [0.1, 0.15) is 50.3 Å². The molecule has 0 radical (unpaired) electrons. The largest absolute Gasteiger partial charge is 0.261 e. The third-order valence-corrected chi connectivity index (χ3v) is 5.54. The number of pyridine rings is 1. The first-order valence-electron chi connectivity index (χ1n) is 6.66. The van der Waals surface area contributed by atoms with Crippen molar-refractivity contribution >= 4 is 15.9 Å². The monoisotopic (exact) mass is 295 g/mol. The fraction of sp³-hybridized carbons (Fsp3) is 0.667. The highest BCUT2D eigenvalue weighted by molar-refractivity contribution is 9.09. The Morgan fingerprint density at radius 3 is 2.59 bits per heavy atom. The number of aryl methyl sites for hydroxylation is 1. The molecular weight excluding hydrogens is 274 g/mol. The van der Waals surface area contributed by atoms with Crippen molar-refractivity contribution in [3.05, 3.63) is 29.6 Å². The van der Waals surface area contributed by atoms with E-state index in [0.29, 0.717) is 10.2 Å². The van der Waals surface area contributed by atoms with Crippen LogP contribution in [-0.2, 0) is 6.42 Å². The van der Waals surface area contributed by atoms with E-state index in [9.17, 15) is 0 Å². The van der Waals surface area contributed by atoms with Crippen molar-refractivity contribution in [3.63, 3.8) is 0 Å². The van der Waals surface area contributed by atoms with Crippen molar-refractivity contribution < 1.29 is 0 Å². The molecule has 0 amide bonds. The van der Waals surface area contributed by atoms with E-state index in [-0.39, 0.29) is 0 Å². The minimum absolute atomic E-state index is 0.463. The van der Waals surface area contributed by atoms with Crippen molar-refractivity contribution in [1.29, 1.82) is 0 Å². The van der Waals surface area contributed by atoms with Gasteiger partial charge in [0.2, 0.25) is 0 Å². The van der Waals surface area contributed by atoms with Crippen LogP contribution in [0.25, 0.3) is 0 Å². The van der Waals surface area contributed by atoms with E-state index in [2.05, 4.69) is 46.9 Å². The molecule has 1 saturated carbocycles. The molecule has 1 aliphatic carbocycles. The molecule has 1 nitrogen and oxygen atoms in total. The van der Waals surface area contributed by atoms with E-state index < -0.39 is 0 Å². The molecule has 94 valence electrons. The molecule has 0 bridgehead atoms. The Balaban J connectivity index is 2.00. The number of rotatable bonds is 3. The fourth-order valence-electron chi connectivity index (χ4n) is 2.72. The Morgan fingerprint density at radius 2 is 2.00 bits per heavy atom. The Bertz CT molecular complexity index is 352. The maximum atomic E-state index is 4.51. The van der Waals surface area contributed by atoms with Crippen LogP contribution in [0.4, 0.5) is 0 Å². The third kappa shape index (κ3) is 3.31. The number of hydrogen-bond acceptors (Lipinski definition) is 1. The van der Waals surface area contributed by atoms with Crippen LogP contribution in [-0.4, -0.2) is 9.81 Å². The van der Waals surface area contributed by atoms with E-state index in [1.165, 1.54) is 43.4 Å². The fourth-order valence-corrected chi connectivity index (χ4v) is 3.51. The minimum atomic E-state index is 0.463. The van der Waals surface area contributed by atoms with Crippen LogP contribution in [0.3, 0.4) is 0 Å². The summed E-state index contributed by atoms with van der Waals surface area (Å²) < 4.78 is 0. The smallest absolute Gasteiger partial charge is 0.0415 e. The van der Waals surface area contributed by atoms with E-state index in [4.69, 9.17) is 0 Å². The summed E-state index contributed by atoms with van der Waals surface area (Å²) in [5.74, 6) is 0. The summed E-state index contributed by atoms with van der Waals surface area (Å²) in [6, 6.07) is 4.32. The summed E-state index contributed by atoms with van der Waals surface area (Å²) in [5, 5.41) is 0. The molecule has 2 rings (SSSR count). The van der Waals surface area contributed by atoms with E-state index >= 15 is 0 Å². The first-order valence-corrected chi connectivity index (χ1v) is 7.57. The number of aromatic nitrogens is 1. The third-order valence-electron chi connectivity index (χ3n) is 4.11. The molecule has 1 aromatic rings. The summed E-state index contributed by atoms with van der Waals surface area (Å²) in [6.45, 7) is 4.52. The maximum absolute atomic E-state index is 4.51. The van der Waals surface area contributed by atoms with Gasteiger partial charge in [-0.15, -0.1) is 0 Å². The predicted molar refractivity (Wildman–Crippen MR) is 76.6 cm³/mol. The number of alkyl halides is 1. The highest BCUT2D eigenvalue weighted by Crippen LogP contribution is 2.42. The standard InChI is InChI=1S/C15H22BrN/c1-12-6-7-13(17-11-12)10-14(16)15(2)8-4-3-5-9-15/h6-7,11,14H,3-5,8-10H2,1-2H3. The molecule has 0 aromatic carbocycles. The highest BCUT2D eigenvalue weighted by atomic mass is 79.9. The predicted octanol–water partition coefficient (Wildman–Crippen LogP) is 4.67. The van der Waals surface area contributed by atoms with Crippen molar-refractivity contribution in [1.82, 2.24) is 4.98 Å². The lowest BCUT2D eigenvalue weighted by atomic mass is 9.72. The van der Waals surface area contributed by atoms with Crippen molar-refractivity contribution in [2.24, 2.45) is 5.41 Å². The van der Waals surface area contributed by atoms with Gasteiger partial charge in [0.1, 0.15) is 0 Å². The van der Waals surface area contributed by atoms with Crippen LogP contribution in [0, 0.1) is 12.3 Å². The average molecular weight is 296 g/mol. The zero-order valence-electron chi connectivity index (χ0n) is 10.9. The molecule has 1 heterocycles. The zero-order valence-corrected chi connectivity index (χ0v) is 12.5. The maximum Gasteiger partial charge on any atom is 0.0415 e. The Kier molecular flexibility index (Phi) is 4.24. The van der Waals surface area contributed by atoms with Crippen molar-refractivity contribution in [2.75, 3.05) is 0 Å². The lowest BCUT2D eigenvalue weighted by molar-refractivity contribution is 0.210. The summed E-state index contributed by atoms with van der Waals surface area (Å²) in [4.78, 5) is 5.07. The van der Waals surface area contributed by atoms with Crippen LogP contribution in [0.5, 0.6) is 0 Å². The van der Waals surface area contributed by atoms with Gasteiger partial charge in [-0.3, -0.25) is 4.98 Å². The second-order valence-corrected chi connectivity index (χ2v) is 6.82. The number of nitrogens with zero attached hydrogens (tertiary/aromatic N) is 1. The van der Waals surface area contributed by atoms with E-state index in [1.807, 2.05) is 6.20 Å². The summed E-state index contributed by atoms with van der Waals surface area (Å²) in [7, 11) is 0. The molecule has 17 heavy (non-hydrogen) atoms. The van der Waals surface area contributed by atoms with E-state index in [0.717, 1.165) is 6.42 Å². The van der Waals surface area contributed by atoms with Gasteiger partial charge in [0.15, 0.2) is 0 Å². The molecule has 0 aliphatic heterocycles. The van der Waals surface area contributed by atoms with Crippen molar-refractivity contribution in [3.8, 4) is 0 Å². The molecule has 1 fully saturated rings. The Morgan fingerprint density at radius 1 is 1.29 bits per heavy atom.